The van der Waals surface area contributed by atoms with Crippen LogP contribution in [0.5, 0.6) is 10.8 Å². The topological polar surface area (TPSA) is 78.8 Å². The zero-order chi connectivity index (χ0) is 23.2. The molecule has 1 aromatic heterocycles. The zero-order valence-corrected chi connectivity index (χ0v) is 20.8. The summed E-state index contributed by atoms with van der Waals surface area (Å²) in [6.07, 6.45) is 6.09. The van der Waals surface area contributed by atoms with Crippen LogP contribution in [-0.4, -0.2) is 28.8 Å². The average Bonchev–Trinajstić information content (AvgIpc) is 3.13. The van der Waals surface area contributed by atoms with Gasteiger partial charge in [-0.15, -0.1) is 12.4 Å². The molecule has 1 aliphatic rings. The molecule has 0 radical (unpaired) electrons. The third-order valence-electron chi connectivity index (χ3n) is 5.69. The molecule has 5 nitrogen and oxygen atoms in total. The van der Waals surface area contributed by atoms with E-state index in [1.807, 2.05) is 30.3 Å². The number of fused-ring (bicyclic) bond motifs is 1. The van der Waals surface area contributed by atoms with E-state index in [-0.39, 0.29) is 18.4 Å². The van der Waals surface area contributed by atoms with Crippen molar-refractivity contribution < 1.29 is 19.7 Å². The van der Waals surface area contributed by atoms with E-state index in [1.54, 1.807) is 18.2 Å². The van der Waals surface area contributed by atoms with Gasteiger partial charge in [-0.1, -0.05) is 41.1 Å². The van der Waals surface area contributed by atoms with E-state index in [0.717, 1.165) is 47.9 Å². The number of aliphatic carboxylic acids is 1. The van der Waals surface area contributed by atoms with Gasteiger partial charge in [0.15, 0.2) is 5.06 Å². The number of carboxylic acids is 1. The standard InChI is InChI=1S/C26H26ClNO4S.ClH/c27-20-5-1-4-18(13-20)24(29)16-28-21-6-2-3-17-7-8-22(15-19(17)14-21)32-26-12-10-23(33-26)9-11-25(30)31;/h1,4-5,7-13,15,21,24,28-29H,2-3,6,14,16H2,(H,30,31);1H/b11-9+;/t21-,24-;/m0./s1. The number of ether oxygens (including phenoxy) is 1. The third-order valence-corrected chi connectivity index (χ3v) is 6.85. The van der Waals surface area contributed by atoms with Gasteiger partial charge in [0.2, 0.25) is 0 Å². The van der Waals surface area contributed by atoms with E-state index < -0.39 is 12.1 Å². The SMILES string of the molecule is Cl.O=C(O)/C=C/c1ccc(Oc2ccc3c(c2)C[C@@H](NC[C@H](O)c2cccc(Cl)c2)CCC3)s1. The van der Waals surface area contributed by atoms with Gasteiger partial charge in [0.05, 0.1) is 6.10 Å². The number of carboxylic acid groups (broad SMARTS) is 1. The van der Waals surface area contributed by atoms with Crippen LogP contribution < -0.4 is 10.1 Å². The molecule has 0 spiro atoms. The Bertz CT molecular complexity index is 1150. The van der Waals surface area contributed by atoms with Gasteiger partial charge >= 0.3 is 5.97 Å². The minimum atomic E-state index is -0.972. The summed E-state index contributed by atoms with van der Waals surface area (Å²) in [4.78, 5) is 11.5. The molecule has 0 amide bonds. The molecule has 3 aromatic rings. The second kappa shape index (κ2) is 12.4. The number of hydrogen-bond donors (Lipinski definition) is 3. The molecule has 34 heavy (non-hydrogen) atoms. The summed E-state index contributed by atoms with van der Waals surface area (Å²) in [5, 5.41) is 24.2. The van der Waals surface area contributed by atoms with Crippen molar-refractivity contribution in [2.75, 3.05) is 6.54 Å². The minimum Gasteiger partial charge on any atom is -0.478 e. The smallest absolute Gasteiger partial charge is 0.328 e. The fraction of sp³-hybridized carbons (Fsp3) is 0.269. The quantitative estimate of drug-likeness (QED) is 0.241. The predicted molar refractivity (Wildman–Crippen MR) is 140 cm³/mol. The summed E-state index contributed by atoms with van der Waals surface area (Å²) >= 11 is 7.45. The van der Waals surface area contributed by atoms with Gasteiger partial charge in [-0.05, 0) is 84.8 Å². The number of halogens is 2. The van der Waals surface area contributed by atoms with Crippen molar-refractivity contribution in [3.05, 3.63) is 87.3 Å². The maximum atomic E-state index is 10.7. The summed E-state index contributed by atoms with van der Waals surface area (Å²) in [5.41, 5.74) is 3.40. The van der Waals surface area contributed by atoms with Crippen LogP contribution >= 0.6 is 35.3 Å². The van der Waals surface area contributed by atoms with Crippen molar-refractivity contribution in [3.8, 4) is 10.8 Å². The second-order valence-corrected chi connectivity index (χ2v) is 9.65. The van der Waals surface area contributed by atoms with Gasteiger partial charge in [-0.2, -0.15) is 0 Å². The van der Waals surface area contributed by atoms with Crippen molar-refractivity contribution >= 4 is 47.4 Å². The number of nitrogens with one attached hydrogen (secondary N) is 1. The van der Waals surface area contributed by atoms with Crippen LogP contribution in [0.4, 0.5) is 0 Å². The second-order valence-electron chi connectivity index (χ2n) is 8.13. The maximum absolute atomic E-state index is 10.7. The third kappa shape index (κ3) is 7.32. The molecule has 0 aliphatic heterocycles. The van der Waals surface area contributed by atoms with Crippen molar-refractivity contribution in [1.29, 1.82) is 0 Å². The number of hydrogen-bond acceptors (Lipinski definition) is 5. The zero-order valence-electron chi connectivity index (χ0n) is 18.4. The van der Waals surface area contributed by atoms with Crippen LogP contribution in [0, 0.1) is 0 Å². The highest BCUT2D eigenvalue weighted by molar-refractivity contribution is 7.14. The fourth-order valence-electron chi connectivity index (χ4n) is 4.04. The van der Waals surface area contributed by atoms with Crippen molar-refractivity contribution in [2.24, 2.45) is 0 Å². The summed E-state index contributed by atoms with van der Waals surface area (Å²) < 4.78 is 6.04. The van der Waals surface area contributed by atoms with Crippen molar-refractivity contribution in [1.82, 2.24) is 5.32 Å². The Morgan fingerprint density at radius 2 is 2.06 bits per heavy atom. The summed E-state index contributed by atoms with van der Waals surface area (Å²) in [5.74, 6) is -0.205. The minimum absolute atomic E-state index is 0. The number of aliphatic hydroxyl groups excluding tert-OH is 1. The van der Waals surface area contributed by atoms with E-state index in [1.165, 1.54) is 22.5 Å². The maximum Gasteiger partial charge on any atom is 0.328 e. The Kier molecular flexibility index (Phi) is 9.56. The molecule has 0 saturated carbocycles. The van der Waals surface area contributed by atoms with Crippen LogP contribution in [0.15, 0.2) is 60.7 Å². The number of carbonyl (C=O) groups is 1. The lowest BCUT2D eigenvalue weighted by Crippen LogP contribution is -2.34. The Morgan fingerprint density at radius 1 is 1.21 bits per heavy atom. The largest absolute Gasteiger partial charge is 0.478 e. The fourth-order valence-corrected chi connectivity index (χ4v) is 5.02. The van der Waals surface area contributed by atoms with E-state index >= 15 is 0 Å². The predicted octanol–water partition coefficient (Wildman–Crippen LogP) is 6.28. The highest BCUT2D eigenvalue weighted by atomic mass is 35.5. The molecule has 180 valence electrons. The molecule has 0 saturated heterocycles. The van der Waals surface area contributed by atoms with E-state index in [9.17, 15) is 9.90 Å². The molecular formula is C26H27Cl2NO4S. The Hall–Kier alpha value is -2.35. The number of rotatable bonds is 8. The highest BCUT2D eigenvalue weighted by Gasteiger charge is 2.19. The summed E-state index contributed by atoms with van der Waals surface area (Å²) in [7, 11) is 0. The van der Waals surface area contributed by atoms with Crippen LogP contribution in [0.25, 0.3) is 6.08 Å². The molecule has 4 rings (SSSR count). The van der Waals surface area contributed by atoms with Crippen LogP contribution in [-0.2, 0) is 17.6 Å². The van der Waals surface area contributed by atoms with Gasteiger partial charge in [-0.3, -0.25) is 0 Å². The van der Waals surface area contributed by atoms with Gasteiger partial charge in [0.25, 0.3) is 0 Å². The average molecular weight is 520 g/mol. The van der Waals surface area contributed by atoms with Crippen molar-refractivity contribution in [2.45, 2.75) is 37.8 Å². The van der Waals surface area contributed by atoms with Crippen LogP contribution in [0.2, 0.25) is 5.02 Å². The summed E-state index contributed by atoms with van der Waals surface area (Å²) in [6.45, 7) is 0.471. The van der Waals surface area contributed by atoms with E-state index in [2.05, 4.69) is 17.4 Å². The number of benzene rings is 2. The van der Waals surface area contributed by atoms with Gasteiger partial charge < -0.3 is 20.3 Å². The first-order valence-electron chi connectivity index (χ1n) is 10.9. The first kappa shape index (κ1) is 26.3. The molecule has 0 unspecified atom stereocenters. The molecule has 8 heteroatoms. The van der Waals surface area contributed by atoms with E-state index in [0.29, 0.717) is 16.6 Å². The number of aliphatic hydroxyl groups is 1. The monoisotopic (exact) mass is 519 g/mol. The molecule has 1 aliphatic carbocycles. The number of thiophene rings is 1. The lowest BCUT2D eigenvalue weighted by Gasteiger charge is -2.20. The van der Waals surface area contributed by atoms with E-state index in [4.69, 9.17) is 21.4 Å². The normalized spacial score (nSPS) is 16.4. The molecular weight excluding hydrogens is 493 g/mol. The van der Waals surface area contributed by atoms with Crippen LogP contribution in [0.1, 0.15) is 40.5 Å². The molecule has 2 aromatic carbocycles. The van der Waals surface area contributed by atoms with Crippen LogP contribution in [0.3, 0.4) is 0 Å². The lowest BCUT2D eigenvalue weighted by molar-refractivity contribution is -0.131. The van der Waals surface area contributed by atoms with Gasteiger partial charge in [0.1, 0.15) is 5.75 Å². The van der Waals surface area contributed by atoms with Crippen molar-refractivity contribution in [3.63, 3.8) is 0 Å². The molecule has 2 atom stereocenters. The molecule has 0 bridgehead atoms. The molecule has 0 fully saturated rings. The number of aryl methyl sites for hydroxylation is 1. The Balaban J connectivity index is 0.00000324. The summed E-state index contributed by atoms with van der Waals surface area (Å²) in [6, 6.07) is 17.5. The van der Waals surface area contributed by atoms with Gasteiger partial charge in [0, 0.05) is 28.6 Å². The van der Waals surface area contributed by atoms with Gasteiger partial charge in [-0.25, -0.2) is 4.79 Å². The Labute approximate surface area is 214 Å². The first-order chi connectivity index (χ1) is 16.0. The lowest BCUT2D eigenvalue weighted by atomic mass is 10.0. The highest BCUT2D eigenvalue weighted by Crippen LogP contribution is 2.32. The molecule has 3 N–H and O–H groups in total. The Morgan fingerprint density at radius 3 is 2.85 bits per heavy atom. The molecule has 1 heterocycles. The first-order valence-corrected chi connectivity index (χ1v) is 12.1.